The van der Waals surface area contributed by atoms with Crippen LogP contribution in [0.4, 0.5) is 5.69 Å². The number of thiophene rings is 1. The maximum atomic E-state index is 12.6. The van der Waals surface area contributed by atoms with Gasteiger partial charge in [0.1, 0.15) is 4.88 Å². The van der Waals surface area contributed by atoms with E-state index in [4.69, 9.17) is 9.47 Å². The molecule has 1 aliphatic rings. The average molecular weight is 409 g/mol. The largest absolute Gasteiger partial charge is 0.493 e. The third kappa shape index (κ3) is 3.23. The molecule has 0 spiro atoms. The Balaban J connectivity index is 1.96. The van der Waals surface area contributed by atoms with Gasteiger partial charge in [0.2, 0.25) is 5.91 Å². The average Bonchev–Trinajstić information content (AvgIpc) is 3.12. The van der Waals surface area contributed by atoms with E-state index in [0.29, 0.717) is 22.7 Å². The number of aromatic carboxylic acids is 1. The summed E-state index contributed by atoms with van der Waals surface area (Å²) in [4.78, 5) is 25.6. The Morgan fingerprint density at radius 3 is 2.52 bits per heavy atom. The number of anilines is 1. The van der Waals surface area contributed by atoms with E-state index >= 15 is 0 Å². The van der Waals surface area contributed by atoms with Crippen molar-refractivity contribution in [2.75, 3.05) is 19.5 Å². The number of amides is 1. The third-order valence-corrected chi connectivity index (χ3v) is 6.26. The molecule has 3 aromatic rings. The van der Waals surface area contributed by atoms with Crippen LogP contribution in [-0.4, -0.2) is 31.2 Å². The molecule has 2 aromatic carbocycles. The molecule has 0 saturated heterocycles. The summed E-state index contributed by atoms with van der Waals surface area (Å²) >= 11 is 1.19. The number of carboxylic acids is 1. The fraction of sp³-hybridized carbons (Fsp3) is 0.182. The lowest BCUT2D eigenvalue weighted by Gasteiger charge is -2.25. The van der Waals surface area contributed by atoms with Gasteiger partial charge in [-0.05, 0) is 11.6 Å². The summed E-state index contributed by atoms with van der Waals surface area (Å²) in [5, 5.41) is 12.7. The van der Waals surface area contributed by atoms with Crippen molar-refractivity contribution in [2.24, 2.45) is 0 Å². The van der Waals surface area contributed by atoms with Crippen LogP contribution < -0.4 is 14.8 Å². The number of methoxy groups -OCH3 is 2. The summed E-state index contributed by atoms with van der Waals surface area (Å²) in [5.41, 5.74) is 2.64. The molecule has 1 amide bonds. The van der Waals surface area contributed by atoms with Crippen LogP contribution in [0.25, 0.3) is 11.1 Å². The molecule has 6 nitrogen and oxygen atoms in total. The number of ether oxygens (including phenoxy) is 2. The highest BCUT2D eigenvalue weighted by atomic mass is 32.1. The van der Waals surface area contributed by atoms with Crippen molar-refractivity contribution in [2.45, 2.75) is 12.3 Å². The monoisotopic (exact) mass is 409 g/mol. The zero-order valence-corrected chi connectivity index (χ0v) is 16.7. The summed E-state index contributed by atoms with van der Waals surface area (Å²) in [6, 6.07) is 14.8. The molecular formula is C22H19NO5S. The van der Waals surface area contributed by atoms with E-state index in [-0.39, 0.29) is 23.1 Å². The van der Waals surface area contributed by atoms with Crippen LogP contribution in [0.2, 0.25) is 0 Å². The molecule has 0 fully saturated rings. The van der Waals surface area contributed by atoms with Crippen LogP contribution in [-0.2, 0) is 4.79 Å². The minimum atomic E-state index is -1.02. The molecule has 148 valence electrons. The third-order valence-electron chi connectivity index (χ3n) is 4.97. The lowest BCUT2D eigenvalue weighted by molar-refractivity contribution is -0.116. The number of rotatable bonds is 5. The van der Waals surface area contributed by atoms with Crippen molar-refractivity contribution < 1.29 is 24.2 Å². The first-order chi connectivity index (χ1) is 14.0. The molecule has 0 radical (unpaired) electrons. The van der Waals surface area contributed by atoms with Gasteiger partial charge in [0.25, 0.3) is 0 Å². The molecule has 2 heterocycles. The van der Waals surface area contributed by atoms with Gasteiger partial charge >= 0.3 is 5.97 Å². The first-order valence-electron chi connectivity index (χ1n) is 9.01. The normalized spacial score (nSPS) is 15.4. The Morgan fingerprint density at radius 1 is 1.10 bits per heavy atom. The van der Waals surface area contributed by atoms with Crippen molar-refractivity contribution in [3.63, 3.8) is 0 Å². The Labute approximate surface area is 171 Å². The number of carbonyl (C=O) groups excluding carboxylic acids is 1. The number of carbonyl (C=O) groups is 2. The molecule has 2 N–H and O–H groups in total. The van der Waals surface area contributed by atoms with Gasteiger partial charge in [0, 0.05) is 28.3 Å². The topological polar surface area (TPSA) is 84.9 Å². The van der Waals surface area contributed by atoms with E-state index in [1.165, 1.54) is 11.3 Å². The molecule has 1 aliphatic heterocycles. The molecule has 0 saturated carbocycles. The Bertz CT molecular complexity index is 1090. The van der Waals surface area contributed by atoms with Gasteiger partial charge in [-0.2, -0.15) is 0 Å². The molecule has 0 bridgehead atoms. The van der Waals surface area contributed by atoms with Gasteiger partial charge in [-0.1, -0.05) is 42.5 Å². The van der Waals surface area contributed by atoms with E-state index in [1.54, 1.807) is 20.3 Å². The SMILES string of the molecule is COc1cccc([C@@H]2CC(=O)Nc3c2sc(C(=O)O)c3-c2ccccc2)c1OC. The number of nitrogens with one attached hydrogen (secondary N) is 1. The number of hydrogen-bond donors (Lipinski definition) is 2. The fourth-order valence-electron chi connectivity index (χ4n) is 3.76. The minimum absolute atomic E-state index is 0.167. The molecular weight excluding hydrogens is 390 g/mol. The van der Waals surface area contributed by atoms with E-state index in [2.05, 4.69) is 5.32 Å². The molecule has 0 unspecified atom stereocenters. The van der Waals surface area contributed by atoms with Gasteiger partial charge in [-0.3, -0.25) is 4.79 Å². The lowest BCUT2D eigenvalue weighted by atomic mass is 9.88. The summed E-state index contributed by atoms with van der Waals surface area (Å²) in [5.74, 6) is -0.402. The quantitative estimate of drug-likeness (QED) is 0.643. The summed E-state index contributed by atoms with van der Waals surface area (Å²) in [7, 11) is 3.11. The second-order valence-electron chi connectivity index (χ2n) is 6.60. The zero-order valence-electron chi connectivity index (χ0n) is 15.9. The van der Waals surface area contributed by atoms with Crippen molar-refractivity contribution in [1.82, 2.24) is 0 Å². The van der Waals surface area contributed by atoms with Crippen LogP contribution in [0, 0.1) is 0 Å². The molecule has 29 heavy (non-hydrogen) atoms. The van der Waals surface area contributed by atoms with Crippen LogP contribution in [0.15, 0.2) is 48.5 Å². The van der Waals surface area contributed by atoms with Gasteiger partial charge in [-0.15, -0.1) is 11.3 Å². The van der Waals surface area contributed by atoms with E-state index in [0.717, 1.165) is 16.0 Å². The summed E-state index contributed by atoms with van der Waals surface area (Å²) < 4.78 is 11.0. The van der Waals surface area contributed by atoms with Crippen LogP contribution >= 0.6 is 11.3 Å². The molecule has 0 aliphatic carbocycles. The molecule has 4 rings (SSSR count). The Kier molecular flexibility index (Phi) is 4.98. The highest BCUT2D eigenvalue weighted by molar-refractivity contribution is 7.15. The maximum absolute atomic E-state index is 12.6. The van der Waals surface area contributed by atoms with Crippen molar-refractivity contribution in [3.8, 4) is 22.6 Å². The zero-order chi connectivity index (χ0) is 20.5. The second-order valence-corrected chi connectivity index (χ2v) is 7.66. The first-order valence-corrected chi connectivity index (χ1v) is 9.83. The van der Waals surface area contributed by atoms with E-state index < -0.39 is 5.97 Å². The number of hydrogen-bond acceptors (Lipinski definition) is 5. The Hall–Kier alpha value is -3.32. The van der Waals surface area contributed by atoms with Crippen molar-refractivity contribution >= 4 is 28.9 Å². The molecule has 7 heteroatoms. The van der Waals surface area contributed by atoms with Crippen LogP contribution in [0.3, 0.4) is 0 Å². The second kappa shape index (κ2) is 7.60. The number of fused-ring (bicyclic) bond motifs is 1. The first kappa shape index (κ1) is 19.0. The smallest absolute Gasteiger partial charge is 0.346 e. The predicted molar refractivity (Wildman–Crippen MR) is 111 cm³/mol. The predicted octanol–water partition coefficient (Wildman–Crippen LogP) is 4.60. The van der Waals surface area contributed by atoms with Gasteiger partial charge in [0.15, 0.2) is 11.5 Å². The highest BCUT2D eigenvalue weighted by Gasteiger charge is 2.36. The number of para-hydroxylation sites is 1. The molecule has 1 aromatic heterocycles. The standard InChI is InChI=1S/C22H19NO5S/c1-27-15-10-6-9-13(19(15)28-2)14-11-16(24)23-18-17(12-7-4-3-5-8-12)21(22(25)26)29-20(14)18/h3-10,14H,11H2,1-2H3,(H,23,24)(H,25,26)/t14-/m0/s1. The lowest BCUT2D eigenvalue weighted by Crippen LogP contribution is -2.22. The fourth-order valence-corrected chi connectivity index (χ4v) is 4.99. The van der Waals surface area contributed by atoms with Crippen LogP contribution in [0.5, 0.6) is 11.5 Å². The van der Waals surface area contributed by atoms with Crippen molar-refractivity contribution in [3.05, 3.63) is 63.8 Å². The van der Waals surface area contributed by atoms with Gasteiger partial charge in [0.05, 0.1) is 19.9 Å². The number of benzene rings is 2. The van der Waals surface area contributed by atoms with Gasteiger partial charge in [-0.25, -0.2) is 4.79 Å². The van der Waals surface area contributed by atoms with Gasteiger partial charge < -0.3 is 19.9 Å². The van der Waals surface area contributed by atoms with Crippen LogP contribution in [0.1, 0.15) is 32.5 Å². The van der Waals surface area contributed by atoms with E-state index in [9.17, 15) is 14.7 Å². The van der Waals surface area contributed by atoms with Crippen molar-refractivity contribution in [1.29, 1.82) is 0 Å². The summed E-state index contributed by atoms with van der Waals surface area (Å²) in [6.07, 6.45) is 0.199. The highest BCUT2D eigenvalue weighted by Crippen LogP contribution is 2.51. The minimum Gasteiger partial charge on any atom is -0.493 e. The Morgan fingerprint density at radius 2 is 1.86 bits per heavy atom. The summed E-state index contributed by atoms with van der Waals surface area (Å²) in [6.45, 7) is 0. The van der Waals surface area contributed by atoms with E-state index in [1.807, 2.05) is 42.5 Å². The maximum Gasteiger partial charge on any atom is 0.346 e. The number of carboxylic acid groups (broad SMARTS) is 1. The molecule has 1 atom stereocenters.